The monoisotopic (exact) mass is 184 g/mol. The molecule has 2 nitrogen and oxygen atoms in total. The third kappa shape index (κ3) is 3.12. The van der Waals surface area contributed by atoms with Crippen LogP contribution < -0.4 is 0 Å². The Morgan fingerprint density at radius 1 is 1.15 bits per heavy atom. The van der Waals surface area contributed by atoms with Gasteiger partial charge in [0, 0.05) is 0 Å². The van der Waals surface area contributed by atoms with Crippen LogP contribution in [0.15, 0.2) is 12.2 Å². The molecule has 0 heterocycles. The summed E-state index contributed by atoms with van der Waals surface area (Å²) >= 11 is 0. The van der Waals surface area contributed by atoms with E-state index in [1.165, 1.54) is 0 Å². The van der Waals surface area contributed by atoms with Crippen LogP contribution in [0, 0.1) is 5.41 Å². The zero-order valence-electron chi connectivity index (χ0n) is 8.58. The van der Waals surface area contributed by atoms with Gasteiger partial charge in [0.1, 0.15) is 0 Å². The summed E-state index contributed by atoms with van der Waals surface area (Å²) in [6.45, 7) is 4.50. The molecule has 0 aromatic carbocycles. The van der Waals surface area contributed by atoms with Crippen LogP contribution in [0.25, 0.3) is 0 Å². The summed E-state index contributed by atoms with van der Waals surface area (Å²) in [7, 11) is 0. The third-order valence-electron chi connectivity index (χ3n) is 3.00. The van der Waals surface area contributed by atoms with Crippen LogP contribution in [-0.4, -0.2) is 22.4 Å². The summed E-state index contributed by atoms with van der Waals surface area (Å²) in [6, 6.07) is 0. The Morgan fingerprint density at radius 2 is 1.69 bits per heavy atom. The van der Waals surface area contributed by atoms with Crippen molar-refractivity contribution in [3.8, 4) is 0 Å². The van der Waals surface area contributed by atoms with Crippen LogP contribution in [0.3, 0.4) is 0 Å². The van der Waals surface area contributed by atoms with Gasteiger partial charge < -0.3 is 10.2 Å². The van der Waals surface area contributed by atoms with Crippen LogP contribution in [-0.2, 0) is 0 Å². The fourth-order valence-electron chi connectivity index (χ4n) is 1.80. The molecular formula is C11H20O2. The molecule has 13 heavy (non-hydrogen) atoms. The number of hydrogen-bond donors (Lipinski definition) is 2. The minimum absolute atomic E-state index is 0.0195. The highest BCUT2D eigenvalue weighted by molar-refractivity contribution is 5.04. The molecule has 2 N–H and O–H groups in total. The van der Waals surface area contributed by atoms with Crippen molar-refractivity contribution in [3.05, 3.63) is 12.2 Å². The standard InChI is InChI=1S/C11H20O2/c1-10(2)5-7-11(13,8-6-10)4-3-9-12/h3-4,12-13H,5-9H2,1-2H3/b4-3+. The van der Waals surface area contributed by atoms with Gasteiger partial charge in [0.2, 0.25) is 0 Å². The van der Waals surface area contributed by atoms with Crippen molar-refractivity contribution in [1.29, 1.82) is 0 Å². The first kappa shape index (κ1) is 10.7. The zero-order chi connectivity index (χ0) is 9.95. The van der Waals surface area contributed by atoms with E-state index in [9.17, 15) is 5.11 Å². The topological polar surface area (TPSA) is 40.5 Å². The molecular weight excluding hydrogens is 164 g/mol. The van der Waals surface area contributed by atoms with Crippen molar-refractivity contribution in [2.75, 3.05) is 6.61 Å². The number of rotatable bonds is 2. The van der Waals surface area contributed by atoms with Crippen molar-refractivity contribution in [2.24, 2.45) is 5.41 Å². The van der Waals surface area contributed by atoms with E-state index in [4.69, 9.17) is 5.11 Å². The SMILES string of the molecule is CC1(C)CCC(O)(/C=C/CO)CC1. The molecule has 76 valence electrons. The van der Waals surface area contributed by atoms with Crippen LogP contribution in [0.4, 0.5) is 0 Å². The average molecular weight is 184 g/mol. The predicted octanol–water partition coefficient (Wildman–Crippen LogP) is 1.87. The average Bonchev–Trinajstić information content (AvgIpc) is 2.08. The van der Waals surface area contributed by atoms with Crippen LogP contribution in [0.2, 0.25) is 0 Å². The molecule has 1 aliphatic rings. The molecule has 0 amide bonds. The van der Waals surface area contributed by atoms with Gasteiger partial charge in [-0.3, -0.25) is 0 Å². The molecule has 0 radical (unpaired) electrons. The molecule has 0 aliphatic heterocycles. The lowest BCUT2D eigenvalue weighted by atomic mass is 9.71. The van der Waals surface area contributed by atoms with Gasteiger partial charge >= 0.3 is 0 Å². The van der Waals surface area contributed by atoms with Crippen molar-refractivity contribution < 1.29 is 10.2 Å². The first-order valence-corrected chi connectivity index (χ1v) is 4.98. The van der Waals surface area contributed by atoms with E-state index in [2.05, 4.69) is 13.8 Å². The van der Waals surface area contributed by atoms with Crippen molar-refractivity contribution in [3.63, 3.8) is 0 Å². The van der Waals surface area contributed by atoms with E-state index < -0.39 is 5.60 Å². The Labute approximate surface area is 80.3 Å². The Balaban J connectivity index is 2.51. The van der Waals surface area contributed by atoms with E-state index in [1.807, 2.05) is 0 Å². The first-order chi connectivity index (χ1) is 5.97. The molecule has 0 aromatic heterocycles. The number of hydrogen-bond acceptors (Lipinski definition) is 2. The Hall–Kier alpha value is -0.340. The number of aliphatic hydroxyl groups is 2. The predicted molar refractivity (Wildman–Crippen MR) is 53.4 cm³/mol. The molecule has 1 fully saturated rings. The number of aliphatic hydroxyl groups excluding tert-OH is 1. The normalized spacial score (nSPS) is 26.5. The second kappa shape index (κ2) is 3.81. The molecule has 0 saturated heterocycles. The molecule has 1 aliphatic carbocycles. The highest BCUT2D eigenvalue weighted by atomic mass is 16.3. The van der Waals surface area contributed by atoms with E-state index in [0.717, 1.165) is 25.7 Å². The zero-order valence-corrected chi connectivity index (χ0v) is 8.58. The van der Waals surface area contributed by atoms with E-state index in [0.29, 0.717) is 5.41 Å². The lowest BCUT2D eigenvalue weighted by Gasteiger charge is -2.38. The van der Waals surface area contributed by atoms with Gasteiger partial charge in [0.15, 0.2) is 0 Å². The van der Waals surface area contributed by atoms with Crippen LogP contribution in [0.5, 0.6) is 0 Å². The lowest BCUT2D eigenvalue weighted by Crippen LogP contribution is -2.35. The van der Waals surface area contributed by atoms with Gasteiger partial charge in [-0.05, 0) is 31.1 Å². The van der Waals surface area contributed by atoms with E-state index in [1.54, 1.807) is 12.2 Å². The second-order valence-electron chi connectivity index (χ2n) is 4.85. The molecule has 0 unspecified atom stereocenters. The summed E-state index contributed by atoms with van der Waals surface area (Å²) in [5.41, 5.74) is -0.280. The molecule has 0 spiro atoms. The minimum atomic E-state index is -0.655. The van der Waals surface area contributed by atoms with Gasteiger partial charge in [0.05, 0.1) is 12.2 Å². The van der Waals surface area contributed by atoms with Crippen LogP contribution >= 0.6 is 0 Å². The quantitative estimate of drug-likeness (QED) is 0.643. The largest absolute Gasteiger partial charge is 0.392 e. The smallest absolute Gasteiger partial charge is 0.0828 e. The van der Waals surface area contributed by atoms with Crippen LogP contribution in [0.1, 0.15) is 39.5 Å². The van der Waals surface area contributed by atoms with E-state index in [-0.39, 0.29) is 6.61 Å². The van der Waals surface area contributed by atoms with E-state index >= 15 is 0 Å². The maximum absolute atomic E-state index is 10.0. The van der Waals surface area contributed by atoms with Crippen molar-refractivity contribution in [2.45, 2.75) is 45.1 Å². The summed E-state index contributed by atoms with van der Waals surface area (Å²) in [5, 5.41) is 18.7. The molecule has 1 rings (SSSR count). The van der Waals surface area contributed by atoms with Crippen molar-refractivity contribution in [1.82, 2.24) is 0 Å². The molecule has 1 saturated carbocycles. The fraction of sp³-hybridized carbons (Fsp3) is 0.818. The maximum atomic E-state index is 10.0. The maximum Gasteiger partial charge on any atom is 0.0828 e. The van der Waals surface area contributed by atoms with Crippen molar-refractivity contribution >= 4 is 0 Å². The minimum Gasteiger partial charge on any atom is -0.392 e. The first-order valence-electron chi connectivity index (χ1n) is 4.98. The Bertz CT molecular complexity index is 184. The summed E-state index contributed by atoms with van der Waals surface area (Å²) < 4.78 is 0. The summed E-state index contributed by atoms with van der Waals surface area (Å²) in [5.74, 6) is 0. The molecule has 2 heteroatoms. The highest BCUT2D eigenvalue weighted by Gasteiger charge is 2.34. The molecule has 0 bridgehead atoms. The molecule has 0 atom stereocenters. The molecule has 0 aromatic rings. The van der Waals surface area contributed by atoms with Gasteiger partial charge in [0.25, 0.3) is 0 Å². The third-order valence-corrected chi connectivity index (χ3v) is 3.00. The highest BCUT2D eigenvalue weighted by Crippen LogP contribution is 2.40. The Morgan fingerprint density at radius 3 is 2.15 bits per heavy atom. The lowest BCUT2D eigenvalue weighted by molar-refractivity contribution is 0.0145. The second-order valence-corrected chi connectivity index (χ2v) is 4.85. The summed E-state index contributed by atoms with van der Waals surface area (Å²) in [6.07, 6.45) is 7.13. The summed E-state index contributed by atoms with van der Waals surface area (Å²) in [4.78, 5) is 0. The Kier molecular flexibility index (Phi) is 3.14. The van der Waals surface area contributed by atoms with Gasteiger partial charge in [-0.25, -0.2) is 0 Å². The van der Waals surface area contributed by atoms with Gasteiger partial charge in [-0.15, -0.1) is 0 Å². The van der Waals surface area contributed by atoms with Gasteiger partial charge in [-0.2, -0.15) is 0 Å². The fourth-order valence-corrected chi connectivity index (χ4v) is 1.80. The van der Waals surface area contributed by atoms with Gasteiger partial charge in [-0.1, -0.05) is 26.0 Å².